The zero-order valence-electron chi connectivity index (χ0n) is 4.85. The van der Waals surface area contributed by atoms with Crippen molar-refractivity contribution in [1.29, 1.82) is 0 Å². The molecule has 0 bridgehead atoms. The molecular weight excluding hydrogens is 105 g/mol. The van der Waals surface area contributed by atoms with Crippen molar-refractivity contribution in [3.05, 3.63) is 0 Å². The summed E-state index contributed by atoms with van der Waals surface area (Å²) in [7, 11) is 2.69. The zero-order chi connectivity index (χ0) is 5.70. The molecule has 0 saturated heterocycles. The van der Waals surface area contributed by atoms with Gasteiger partial charge in [-0.3, -0.25) is 0 Å². The minimum absolute atomic E-state index is 0.389. The Morgan fingerprint density at radius 3 is 2.43 bits per heavy atom. The molecule has 2 N–H and O–H groups in total. The summed E-state index contributed by atoms with van der Waals surface area (Å²) in [4.78, 5) is 0. The lowest BCUT2D eigenvalue weighted by molar-refractivity contribution is 0.656. The average Bonchev–Trinajstić information content (AvgIpc) is 1.61. The van der Waals surface area contributed by atoms with Crippen molar-refractivity contribution in [1.82, 2.24) is 0 Å². The summed E-state index contributed by atoms with van der Waals surface area (Å²) in [6.45, 7) is 2.04. The molecule has 0 heterocycles. The van der Waals surface area contributed by atoms with E-state index in [-0.39, 0.29) is 0 Å². The Kier molecular flexibility index (Phi) is 4.80. The molecule has 2 atom stereocenters. The highest BCUT2D eigenvalue weighted by Crippen LogP contribution is 1.95. The number of rotatable bonds is 3. The fraction of sp³-hybridized carbons (Fsp3) is 1.00. The van der Waals surface area contributed by atoms with E-state index in [4.69, 9.17) is 5.73 Å². The lowest BCUT2D eigenvalue weighted by Crippen LogP contribution is -2.13. The molecular formula is C5H14NP. The third-order valence-electron chi connectivity index (χ3n) is 0.864. The van der Waals surface area contributed by atoms with Crippen LogP contribution in [0.1, 0.15) is 19.8 Å². The summed E-state index contributed by atoms with van der Waals surface area (Å²) >= 11 is 0. The predicted molar refractivity (Wildman–Crippen MR) is 37.5 cm³/mol. The van der Waals surface area contributed by atoms with Crippen LogP contribution in [0.25, 0.3) is 0 Å². The van der Waals surface area contributed by atoms with Crippen LogP contribution in [0, 0.1) is 0 Å². The SMILES string of the molecule is CC(N)CCCP. The van der Waals surface area contributed by atoms with Crippen LogP contribution in [0.5, 0.6) is 0 Å². The van der Waals surface area contributed by atoms with Crippen LogP contribution < -0.4 is 5.73 Å². The molecule has 0 rings (SSSR count). The fourth-order valence-corrected chi connectivity index (χ4v) is 0.676. The van der Waals surface area contributed by atoms with Crippen molar-refractivity contribution in [2.45, 2.75) is 25.8 Å². The third kappa shape index (κ3) is 6.39. The van der Waals surface area contributed by atoms with Crippen LogP contribution in [0.4, 0.5) is 0 Å². The Morgan fingerprint density at radius 2 is 2.29 bits per heavy atom. The topological polar surface area (TPSA) is 26.0 Å². The van der Waals surface area contributed by atoms with Crippen LogP contribution in [0.2, 0.25) is 0 Å². The van der Waals surface area contributed by atoms with Gasteiger partial charge in [-0.05, 0) is 25.9 Å². The van der Waals surface area contributed by atoms with E-state index in [1.807, 2.05) is 6.92 Å². The minimum atomic E-state index is 0.389. The normalized spacial score (nSPS) is 14.1. The largest absolute Gasteiger partial charge is 0.328 e. The van der Waals surface area contributed by atoms with Gasteiger partial charge in [0.15, 0.2) is 0 Å². The smallest absolute Gasteiger partial charge is 0.00106 e. The van der Waals surface area contributed by atoms with E-state index >= 15 is 0 Å². The Balaban J connectivity index is 2.68. The first-order chi connectivity index (χ1) is 3.27. The van der Waals surface area contributed by atoms with Crippen molar-refractivity contribution in [2.24, 2.45) is 5.73 Å². The lowest BCUT2D eigenvalue weighted by Gasteiger charge is -1.99. The Bertz CT molecular complexity index is 37.1. The highest BCUT2D eigenvalue weighted by atomic mass is 31.0. The molecule has 0 aliphatic carbocycles. The fourth-order valence-electron chi connectivity index (χ4n) is 0.440. The van der Waals surface area contributed by atoms with Gasteiger partial charge in [0.25, 0.3) is 0 Å². The van der Waals surface area contributed by atoms with Gasteiger partial charge in [0, 0.05) is 6.04 Å². The van der Waals surface area contributed by atoms with E-state index < -0.39 is 0 Å². The second-order valence-electron chi connectivity index (χ2n) is 1.91. The van der Waals surface area contributed by atoms with E-state index in [1.165, 1.54) is 12.6 Å². The van der Waals surface area contributed by atoms with Crippen molar-refractivity contribution >= 4 is 9.24 Å². The summed E-state index contributed by atoms with van der Waals surface area (Å²) in [6, 6.07) is 0.389. The molecule has 0 fully saturated rings. The van der Waals surface area contributed by atoms with Gasteiger partial charge in [-0.25, -0.2) is 0 Å². The molecule has 1 nitrogen and oxygen atoms in total. The second-order valence-corrected chi connectivity index (χ2v) is 2.49. The molecule has 0 radical (unpaired) electrons. The van der Waals surface area contributed by atoms with Gasteiger partial charge in [-0.1, -0.05) is 0 Å². The van der Waals surface area contributed by atoms with Crippen molar-refractivity contribution in [3.8, 4) is 0 Å². The third-order valence-corrected chi connectivity index (χ3v) is 1.27. The molecule has 0 aliphatic rings. The minimum Gasteiger partial charge on any atom is -0.328 e. The molecule has 2 unspecified atom stereocenters. The van der Waals surface area contributed by atoms with Crippen molar-refractivity contribution in [2.75, 3.05) is 6.16 Å². The maximum atomic E-state index is 5.47. The number of nitrogens with two attached hydrogens (primary N) is 1. The number of hydrogen-bond acceptors (Lipinski definition) is 1. The molecule has 0 saturated carbocycles. The van der Waals surface area contributed by atoms with Crippen LogP contribution >= 0.6 is 9.24 Å². The van der Waals surface area contributed by atoms with E-state index in [1.54, 1.807) is 0 Å². The maximum Gasteiger partial charge on any atom is 0.00106 e. The summed E-state index contributed by atoms with van der Waals surface area (Å²) in [6.07, 6.45) is 3.58. The molecule has 2 heteroatoms. The molecule has 0 aromatic rings. The van der Waals surface area contributed by atoms with Gasteiger partial charge >= 0.3 is 0 Å². The molecule has 0 aromatic carbocycles. The molecule has 7 heavy (non-hydrogen) atoms. The standard InChI is InChI=1S/C5H14NP/c1-5(6)3-2-4-7/h5H,2-4,6-7H2,1H3. The first-order valence-electron chi connectivity index (χ1n) is 2.73. The Hall–Kier alpha value is 0.390. The Morgan fingerprint density at radius 1 is 1.71 bits per heavy atom. The lowest BCUT2D eigenvalue weighted by atomic mass is 10.2. The zero-order valence-corrected chi connectivity index (χ0v) is 6.01. The maximum absolute atomic E-state index is 5.47. The van der Waals surface area contributed by atoms with E-state index in [2.05, 4.69) is 9.24 Å². The van der Waals surface area contributed by atoms with Gasteiger partial charge < -0.3 is 5.73 Å². The quantitative estimate of drug-likeness (QED) is 0.551. The van der Waals surface area contributed by atoms with Gasteiger partial charge in [0.05, 0.1) is 0 Å². The van der Waals surface area contributed by atoms with Crippen LogP contribution in [-0.4, -0.2) is 12.2 Å². The number of hydrogen-bond donors (Lipinski definition) is 1. The van der Waals surface area contributed by atoms with Crippen LogP contribution in [0.3, 0.4) is 0 Å². The molecule has 0 aliphatic heterocycles. The van der Waals surface area contributed by atoms with Gasteiger partial charge in [-0.2, -0.15) is 0 Å². The Labute approximate surface area is 47.9 Å². The highest BCUT2D eigenvalue weighted by Gasteiger charge is 1.88. The van der Waals surface area contributed by atoms with Gasteiger partial charge in [-0.15, -0.1) is 9.24 Å². The first-order valence-corrected chi connectivity index (χ1v) is 3.54. The van der Waals surface area contributed by atoms with Crippen LogP contribution in [0.15, 0.2) is 0 Å². The summed E-state index contributed by atoms with van der Waals surface area (Å²) in [5.74, 6) is 0. The molecule has 44 valence electrons. The molecule has 0 aromatic heterocycles. The summed E-state index contributed by atoms with van der Waals surface area (Å²) < 4.78 is 0. The average molecular weight is 119 g/mol. The van der Waals surface area contributed by atoms with E-state index in [0.29, 0.717) is 6.04 Å². The monoisotopic (exact) mass is 119 g/mol. The van der Waals surface area contributed by atoms with Gasteiger partial charge in [0.1, 0.15) is 0 Å². The van der Waals surface area contributed by atoms with E-state index in [0.717, 1.165) is 6.42 Å². The second kappa shape index (κ2) is 4.55. The molecule has 0 amide bonds. The van der Waals surface area contributed by atoms with Crippen LogP contribution in [-0.2, 0) is 0 Å². The first kappa shape index (κ1) is 7.39. The summed E-state index contributed by atoms with van der Waals surface area (Å²) in [5.41, 5.74) is 5.47. The van der Waals surface area contributed by atoms with Gasteiger partial charge in [0.2, 0.25) is 0 Å². The van der Waals surface area contributed by atoms with Crippen molar-refractivity contribution in [3.63, 3.8) is 0 Å². The van der Waals surface area contributed by atoms with E-state index in [9.17, 15) is 0 Å². The highest BCUT2D eigenvalue weighted by molar-refractivity contribution is 7.16. The molecule has 0 spiro atoms. The predicted octanol–water partition coefficient (Wildman–Crippen LogP) is 0.989. The summed E-state index contributed by atoms with van der Waals surface area (Å²) in [5, 5.41) is 0. The van der Waals surface area contributed by atoms with Crippen molar-refractivity contribution < 1.29 is 0 Å².